The van der Waals surface area contributed by atoms with Crippen molar-refractivity contribution in [1.82, 2.24) is 0 Å². The zero-order valence-corrected chi connectivity index (χ0v) is 22.5. The van der Waals surface area contributed by atoms with Gasteiger partial charge in [0.2, 0.25) is 0 Å². The van der Waals surface area contributed by atoms with Crippen LogP contribution in [0.15, 0.2) is 0 Å². The van der Waals surface area contributed by atoms with Crippen molar-refractivity contribution in [2.24, 2.45) is 0 Å². The summed E-state index contributed by atoms with van der Waals surface area (Å²) >= 11 is 0. The van der Waals surface area contributed by atoms with E-state index in [1.165, 1.54) is 77.0 Å². The van der Waals surface area contributed by atoms with E-state index in [2.05, 4.69) is 13.8 Å². The standard InChI is InChI=1S/2C11H22O2.Ba/c2*1-2-3-4-5-6-7-8-9-10-11(12)13;/h2*2-10H2,1H3,(H,12,13);/q;;+2/p-2. The molecule has 0 aliphatic heterocycles. The first-order valence-corrected chi connectivity index (χ1v) is 10.9. The third-order valence-corrected chi connectivity index (χ3v) is 4.47. The Morgan fingerprint density at radius 3 is 0.926 bits per heavy atom. The van der Waals surface area contributed by atoms with Gasteiger partial charge in [0.1, 0.15) is 0 Å². The first-order chi connectivity index (χ1) is 12.5. The first-order valence-electron chi connectivity index (χ1n) is 10.9. The molecule has 0 saturated carbocycles. The Kier molecular flexibility index (Phi) is 34.2. The summed E-state index contributed by atoms with van der Waals surface area (Å²) in [5, 5.41) is 20.1. The molecule has 0 radical (unpaired) electrons. The van der Waals surface area contributed by atoms with Gasteiger partial charge in [-0.3, -0.25) is 0 Å². The maximum atomic E-state index is 10.1. The number of unbranched alkanes of at least 4 members (excludes halogenated alkanes) is 14. The molecule has 0 fully saturated rings. The number of hydrogen-bond donors (Lipinski definition) is 0. The molecular formula is C22H42BaO4. The fraction of sp³-hybridized carbons (Fsp3) is 0.909. The van der Waals surface area contributed by atoms with Crippen molar-refractivity contribution in [3.8, 4) is 0 Å². The van der Waals surface area contributed by atoms with Gasteiger partial charge in [0.25, 0.3) is 0 Å². The van der Waals surface area contributed by atoms with Gasteiger partial charge in [0.05, 0.1) is 0 Å². The summed E-state index contributed by atoms with van der Waals surface area (Å²) in [4.78, 5) is 20.1. The molecule has 0 saturated heterocycles. The van der Waals surface area contributed by atoms with E-state index in [1.807, 2.05) is 0 Å². The molecular weight excluding hydrogens is 466 g/mol. The van der Waals surface area contributed by atoms with Gasteiger partial charge in [-0.05, 0) is 25.7 Å². The first kappa shape index (κ1) is 32.2. The smallest absolute Gasteiger partial charge is 0.550 e. The minimum Gasteiger partial charge on any atom is -0.550 e. The van der Waals surface area contributed by atoms with Crippen LogP contribution in [0.1, 0.15) is 129 Å². The molecule has 0 bridgehead atoms. The third-order valence-electron chi connectivity index (χ3n) is 4.47. The molecule has 0 aromatic carbocycles. The molecule has 0 spiro atoms. The number of hydrogen-bond acceptors (Lipinski definition) is 4. The van der Waals surface area contributed by atoms with Crippen LogP contribution < -0.4 is 10.2 Å². The molecule has 5 heteroatoms. The summed E-state index contributed by atoms with van der Waals surface area (Å²) in [6.45, 7) is 4.42. The van der Waals surface area contributed by atoms with Crippen LogP contribution in [0, 0.1) is 0 Å². The molecule has 27 heavy (non-hydrogen) atoms. The van der Waals surface area contributed by atoms with E-state index >= 15 is 0 Å². The quantitative estimate of drug-likeness (QED) is 0.206. The average Bonchev–Trinajstić information content (AvgIpc) is 2.60. The van der Waals surface area contributed by atoms with Gasteiger partial charge >= 0.3 is 48.9 Å². The van der Waals surface area contributed by atoms with Crippen molar-refractivity contribution in [1.29, 1.82) is 0 Å². The van der Waals surface area contributed by atoms with Gasteiger partial charge < -0.3 is 19.8 Å². The summed E-state index contributed by atoms with van der Waals surface area (Å²) in [6, 6.07) is 0. The molecule has 0 N–H and O–H groups in total. The zero-order valence-electron chi connectivity index (χ0n) is 18.1. The fourth-order valence-electron chi connectivity index (χ4n) is 2.81. The Morgan fingerprint density at radius 1 is 0.481 bits per heavy atom. The fourth-order valence-corrected chi connectivity index (χ4v) is 2.81. The van der Waals surface area contributed by atoms with Crippen molar-refractivity contribution in [2.75, 3.05) is 0 Å². The van der Waals surface area contributed by atoms with Crippen molar-refractivity contribution < 1.29 is 19.8 Å². The number of carbonyl (C=O) groups excluding carboxylic acids is 2. The summed E-state index contributed by atoms with van der Waals surface area (Å²) in [5.41, 5.74) is 0. The van der Waals surface area contributed by atoms with Gasteiger partial charge in [-0.15, -0.1) is 0 Å². The molecule has 156 valence electrons. The number of carbonyl (C=O) groups is 2. The third kappa shape index (κ3) is 37.9. The summed E-state index contributed by atoms with van der Waals surface area (Å²) in [5.74, 6) is -1.82. The Morgan fingerprint density at radius 2 is 0.704 bits per heavy atom. The second kappa shape index (κ2) is 28.7. The monoisotopic (exact) mass is 508 g/mol. The molecule has 0 amide bonds. The van der Waals surface area contributed by atoms with Gasteiger partial charge in [-0.1, -0.05) is 104 Å². The number of aliphatic carboxylic acids is 2. The Bertz CT molecular complexity index is 279. The molecule has 4 nitrogen and oxygen atoms in total. The van der Waals surface area contributed by atoms with E-state index in [-0.39, 0.29) is 61.7 Å². The topological polar surface area (TPSA) is 80.3 Å². The number of carboxylic acid groups (broad SMARTS) is 2. The van der Waals surface area contributed by atoms with E-state index in [0.29, 0.717) is 0 Å². The van der Waals surface area contributed by atoms with Crippen LogP contribution in [0.25, 0.3) is 0 Å². The normalized spacial score (nSPS) is 9.85. The van der Waals surface area contributed by atoms with E-state index in [9.17, 15) is 19.8 Å². The van der Waals surface area contributed by atoms with Gasteiger partial charge in [-0.2, -0.15) is 0 Å². The largest absolute Gasteiger partial charge is 2.00 e. The van der Waals surface area contributed by atoms with Crippen LogP contribution in [-0.4, -0.2) is 60.8 Å². The summed E-state index contributed by atoms with van der Waals surface area (Å²) < 4.78 is 0. The molecule has 0 unspecified atom stereocenters. The molecule has 0 aliphatic rings. The van der Waals surface area contributed by atoms with Crippen molar-refractivity contribution in [3.05, 3.63) is 0 Å². The molecule has 0 aromatic rings. The number of rotatable bonds is 18. The SMILES string of the molecule is CCCCCCCCCCC(=O)[O-].CCCCCCCCCCC(=O)[O-].[Ba+2]. The van der Waals surface area contributed by atoms with Crippen molar-refractivity contribution >= 4 is 60.8 Å². The van der Waals surface area contributed by atoms with E-state index < -0.39 is 11.9 Å². The van der Waals surface area contributed by atoms with E-state index in [0.717, 1.165) is 25.7 Å². The predicted molar refractivity (Wildman–Crippen MR) is 110 cm³/mol. The minimum absolute atomic E-state index is 0. The van der Waals surface area contributed by atoms with Gasteiger partial charge in [-0.25, -0.2) is 0 Å². The van der Waals surface area contributed by atoms with Crippen molar-refractivity contribution in [3.63, 3.8) is 0 Å². The maximum Gasteiger partial charge on any atom is 2.00 e. The maximum absolute atomic E-state index is 10.1. The predicted octanol–water partition coefficient (Wildman–Crippen LogP) is 4.15. The van der Waals surface area contributed by atoms with Gasteiger partial charge in [0, 0.05) is 11.9 Å². The Labute approximate surface area is 208 Å². The van der Waals surface area contributed by atoms with Crippen molar-refractivity contribution in [2.45, 2.75) is 129 Å². The van der Waals surface area contributed by atoms with Gasteiger partial charge in [0.15, 0.2) is 0 Å². The zero-order chi connectivity index (χ0) is 19.9. The molecule has 0 atom stereocenters. The summed E-state index contributed by atoms with van der Waals surface area (Å²) in [6.07, 6.45) is 19.5. The summed E-state index contributed by atoms with van der Waals surface area (Å²) in [7, 11) is 0. The Hall–Kier alpha value is 0.511. The van der Waals surface area contributed by atoms with Crippen LogP contribution >= 0.6 is 0 Å². The number of carboxylic acids is 2. The van der Waals surface area contributed by atoms with Crippen LogP contribution in [-0.2, 0) is 9.59 Å². The van der Waals surface area contributed by atoms with Crippen LogP contribution in [0.5, 0.6) is 0 Å². The molecule has 0 rings (SSSR count). The molecule has 0 aliphatic carbocycles. The molecule has 0 heterocycles. The second-order valence-electron chi connectivity index (χ2n) is 7.19. The second-order valence-corrected chi connectivity index (χ2v) is 7.19. The average molecular weight is 508 g/mol. The minimum atomic E-state index is -0.911. The Balaban J connectivity index is -0.000000411. The van der Waals surface area contributed by atoms with Crippen LogP contribution in [0.3, 0.4) is 0 Å². The van der Waals surface area contributed by atoms with E-state index in [1.54, 1.807) is 0 Å². The van der Waals surface area contributed by atoms with E-state index in [4.69, 9.17) is 0 Å². The van der Waals surface area contributed by atoms with Crippen LogP contribution in [0.2, 0.25) is 0 Å². The van der Waals surface area contributed by atoms with Crippen LogP contribution in [0.4, 0.5) is 0 Å². The molecule has 0 aromatic heterocycles.